The zero-order valence-electron chi connectivity index (χ0n) is 21.5. The van der Waals surface area contributed by atoms with Gasteiger partial charge in [0.05, 0.1) is 41.8 Å². The third-order valence-electron chi connectivity index (χ3n) is 8.17. The first kappa shape index (κ1) is 24.2. The molecule has 0 amide bonds. The number of benzene rings is 3. The number of aliphatic hydroxyl groups excluding tert-OH is 1. The molecule has 1 fully saturated rings. The average Bonchev–Trinajstić information content (AvgIpc) is 3.70. The molecule has 4 heterocycles. The molecule has 3 aromatic carbocycles. The molecule has 2 aliphatic heterocycles. The number of hydrogen-bond donors (Lipinski definition) is 3. The van der Waals surface area contributed by atoms with E-state index >= 15 is 0 Å². The molecule has 3 atom stereocenters. The van der Waals surface area contributed by atoms with Gasteiger partial charge in [-0.25, -0.2) is 14.5 Å². The molecule has 2 unspecified atom stereocenters. The Morgan fingerprint density at radius 1 is 1.05 bits per heavy atom. The summed E-state index contributed by atoms with van der Waals surface area (Å²) in [5.41, 5.74) is 0.438. The molecule has 0 spiro atoms. The topological polar surface area (TPSA) is 119 Å². The van der Waals surface area contributed by atoms with E-state index in [0.29, 0.717) is 45.4 Å². The second-order valence-corrected chi connectivity index (χ2v) is 10.3. The summed E-state index contributed by atoms with van der Waals surface area (Å²) in [6, 6.07) is 18.2. The van der Waals surface area contributed by atoms with E-state index in [0.717, 1.165) is 5.69 Å². The van der Waals surface area contributed by atoms with Crippen molar-refractivity contribution in [3.05, 3.63) is 95.9 Å². The number of aliphatic hydroxyl groups is 1. The van der Waals surface area contributed by atoms with Gasteiger partial charge in [0.15, 0.2) is 5.69 Å². The summed E-state index contributed by atoms with van der Waals surface area (Å²) in [6.45, 7) is 9.51. The van der Waals surface area contributed by atoms with Crippen LogP contribution in [-0.4, -0.2) is 47.4 Å². The number of fused-ring (bicyclic) bond motifs is 6. The highest BCUT2D eigenvalue weighted by molar-refractivity contribution is 6.00. The van der Waals surface area contributed by atoms with Crippen molar-refractivity contribution in [1.29, 1.82) is 0 Å². The fourth-order valence-electron chi connectivity index (χ4n) is 6.28. The zero-order chi connectivity index (χ0) is 27.6. The Morgan fingerprint density at radius 2 is 1.80 bits per heavy atom. The lowest BCUT2D eigenvalue weighted by molar-refractivity contribution is -0.107. The largest absolute Gasteiger partial charge is 0.494 e. The molecule has 10 nitrogen and oxygen atoms in total. The Kier molecular flexibility index (Phi) is 5.19. The smallest absolute Gasteiger partial charge is 0.205 e. The van der Waals surface area contributed by atoms with E-state index in [1.165, 1.54) is 10.9 Å². The normalized spacial score (nSPS) is 22.9. The van der Waals surface area contributed by atoms with Gasteiger partial charge in [-0.2, -0.15) is 5.10 Å². The molecule has 7 rings (SSSR count). The SMILES string of the molecule is [C-]#[N+]c1ccc(-n2c(O)c3c(c2O)C2(C)OC3(CCOc3ccc(-n4cncn4)cc3)C[C@H]2O)c2ccccc12. The fourth-order valence-corrected chi connectivity index (χ4v) is 6.28. The molecule has 200 valence electrons. The predicted octanol–water partition coefficient (Wildman–Crippen LogP) is 4.85. The highest BCUT2D eigenvalue weighted by atomic mass is 16.6. The number of rotatable bonds is 6. The highest BCUT2D eigenvalue weighted by Gasteiger charge is 2.66. The van der Waals surface area contributed by atoms with Gasteiger partial charge in [-0.15, -0.1) is 0 Å². The van der Waals surface area contributed by atoms with Crippen LogP contribution in [0.5, 0.6) is 17.5 Å². The number of hydrogen-bond acceptors (Lipinski definition) is 7. The summed E-state index contributed by atoms with van der Waals surface area (Å²) in [7, 11) is 0. The second kappa shape index (κ2) is 8.58. The number of aromatic hydroxyl groups is 2. The number of nitrogens with zero attached hydrogens (tertiary/aromatic N) is 5. The summed E-state index contributed by atoms with van der Waals surface area (Å²) in [5.74, 6) is 0.304. The van der Waals surface area contributed by atoms with Gasteiger partial charge in [0.25, 0.3) is 0 Å². The molecule has 0 saturated carbocycles. The van der Waals surface area contributed by atoms with E-state index in [1.54, 1.807) is 30.1 Å². The van der Waals surface area contributed by atoms with Crippen LogP contribution in [0.3, 0.4) is 0 Å². The predicted molar refractivity (Wildman–Crippen MR) is 145 cm³/mol. The number of ether oxygens (including phenoxy) is 2. The third kappa shape index (κ3) is 3.28. The van der Waals surface area contributed by atoms with E-state index in [1.807, 2.05) is 48.5 Å². The van der Waals surface area contributed by atoms with Crippen LogP contribution in [0.2, 0.25) is 0 Å². The highest BCUT2D eigenvalue weighted by Crippen LogP contribution is 2.65. The van der Waals surface area contributed by atoms with Crippen LogP contribution in [-0.2, 0) is 15.9 Å². The quantitative estimate of drug-likeness (QED) is 0.266. The maximum absolute atomic E-state index is 11.6. The summed E-state index contributed by atoms with van der Waals surface area (Å²) < 4.78 is 15.5. The van der Waals surface area contributed by atoms with E-state index in [-0.39, 0.29) is 24.8 Å². The van der Waals surface area contributed by atoms with Gasteiger partial charge in [-0.3, -0.25) is 4.57 Å². The minimum absolute atomic E-state index is 0.152. The summed E-state index contributed by atoms with van der Waals surface area (Å²) >= 11 is 0. The van der Waals surface area contributed by atoms with Gasteiger partial charge in [-0.1, -0.05) is 30.3 Å². The maximum atomic E-state index is 11.6. The van der Waals surface area contributed by atoms with Crippen molar-refractivity contribution in [3.63, 3.8) is 0 Å². The minimum Gasteiger partial charge on any atom is -0.494 e. The second-order valence-electron chi connectivity index (χ2n) is 10.3. The van der Waals surface area contributed by atoms with Gasteiger partial charge in [0.1, 0.15) is 29.6 Å². The van der Waals surface area contributed by atoms with Gasteiger partial charge in [0, 0.05) is 12.8 Å². The van der Waals surface area contributed by atoms with Crippen molar-refractivity contribution >= 4 is 16.5 Å². The van der Waals surface area contributed by atoms with Gasteiger partial charge in [-0.05, 0) is 48.0 Å². The first-order valence-electron chi connectivity index (χ1n) is 12.9. The molecule has 10 heteroatoms. The van der Waals surface area contributed by atoms with Gasteiger partial charge >= 0.3 is 0 Å². The molecule has 2 aliphatic rings. The van der Waals surface area contributed by atoms with Crippen LogP contribution < -0.4 is 4.74 Å². The molecule has 2 bridgehead atoms. The summed E-state index contributed by atoms with van der Waals surface area (Å²) in [5, 5.41) is 39.7. The summed E-state index contributed by atoms with van der Waals surface area (Å²) in [4.78, 5) is 7.57. The fraction of sp³-hybridized carbons (Fsp3) is 0.233. The Balaban J connectivity index is 1.24. The molecule has 0 aliphatic carbocycles. The first-order chi connectivity index (χ1) is 19.4. The van der Waals surface area contributed by atoms with Crippen LogP contribution >= 0.6 is 0 Å². The average molecular weight is 536 g/mol. The lowest BCUT2D eigenvalue weighted by Gasteiger charge is -2.26. The van der Waals surface area contributed by atoms with Gasteiger partial charge in [0.2, 0.25) is 11.8 Å². The van der Waals surface area contributed by atoms with Crippen LogP contribution in [0.15, 0.2) is 73.3 Å². The van der Waals surface area contributed by atoms with Crippen molar-refractivity contribution in [2.75, 3.05) is 6.61 Å². The molecule has 0 radical (unpaired) electrons. The maximum Gasteiger partial charge on any atom is 0.205 e. The van der Waals surface area contributed by atoms with Crippen LogP contribution in [0.25, 0.3) is 27.0 Å². The lowest BCUT2D eigenvalue weighted by atomic mass is 9.76. The minimum atomic E-state index is -1.20. The van der Waals surface area contributed by atoms with Crippen LogP contribution in [0.4, 0.5) is 5.69 Å². The Hall–Kier alpha value is -4.85. The molecule has 5 aromatic rings. The third-order valence-corrected chi connectivity index (χ3v) is 8.17. The monoisotopic (exact) mass is 535 g/mol. The van der Waals surface area contributed by atoms with Crippen LogP contribution in [0, 0.1) is 6.57 Å². The Morgan fingerprint density at radius 3 is 2.52 bits per heavy atom. The van der Waals surface area contributed by atoms with Crippen molar-refractivity contribution in [1.82, 2.24) is 19.3 Å². The molecule has 3 N–H and O–H groups in total. The first-order valence-corrected chi connectivity index (χ1v) is 12.9. The van der Waals surface area contributed by atoms with Crippen molar-refractivity contribution in [2.24, 2.45) is 0 Å². The standard InChI is InChI=1S/C30H25N5O5/c1-29-24(36)15-30(40-29,13-14-39-19-9-7-18(8-10-19)34-17-32-16-33-34)26-25(29)27(37)35(28(26)38)23-12-11-22(31-2)20-5-3-4-6-21(20)23/h3-12,16-17,24,36-38H,13-15H2,1H3/t24-,29?,30?/m1/s1. The molecule has 1 saturated heterocycles. The van der Waals surface area contributed by atoms with E-state index in [2.05, 4.69) is 14.9 Å². The van der Waals surface area contributed by atoms with E-state index in [9.17, 15) is 15.3 Å². The molecule has 2 aromatic heterocycles. The van der Waals surface area contributed by atoms with Gasteiger partial charge < -0.3 is 24.8 Å². The Bertz CT molecular complexity index is 1810. The van der Waals surface area contributed by atoms with E-state index in [4.69, 9.17) is 16.0 Å². The van der Waals surface area contributed by atoms with Crippen LogP contribution in [0.1, 0.15) is 30.9 Å². The van der Waals surface area contributed by atoms with E-state index < -0.39 is 17.3 Å². The number of aromatic nitrogens is 4. The van der Waals surface area contributed by atoms with Crippen molar-refractivity contribution < 1.29 is 24.8 Å². The Labute approximate surface area is 229 Å². The van der Waals surface area contributed by atoms with Crippen molar-refractivity contribution in [2.45, 2.75) is 37.1 Å². The molecule has 40 heavy (non-hydrogen) atoms. The summed E-state index contributed by atoms with van der Waals surface area (Å²) in [6.07, 6.45) is 2.78. The lowest BCUT2D eigenvalue weighted by Crippen LogP contribution is -2.33. The zero-order valence-corrected chi connectivity index (χ0v) is 21.5. The molecular formula is C30H25N5O5. The molecular weight excluding hydrogens is 510 g/mol. The van der Waals surface area contributed by atoms with Crippen molar-refractivity contribution in [3.8, 4) is 28.9 Å².